The van der Waals surface area contributed by atoms with Gasteiger partial charge in [0.2, 0.25) is 0 Å². The van der Waals surface area contributed by atoms with Crippen LogP contribution < -0.4 is 5.46 Å². The Kier molecular flexibility index (Phi) is 6.17. The molecule has 2 saturated heterocycles. The van der Waals surface area contributed by atoms with Gasteiger partial charge in [-0.2, -0.15) is 0 Å². The van der Waals surface area contributed by atoms with E-state index in [4.69, 9.17) is 18.8 Å². The highest BCUT2D eigenvalue weighted by molar-refractivity contribution is 6.62. The SMILES string of the molecule is COC(=O)c1ccc2nc(Cc3ccc(B4OC(C)(C)C(C)(C)O4)cc3F)n(C[C@@H]3CCO3)c2c1F. The van der Waals surface area contributed by atoms with Crippen LogP contribution >= 0.6 is 0 Å². The number of ether oxygens (including phenoxy) is 2. The van der Waals surface area contributed by atoms with Crippen LogP contribution in [0.25, 0.3) is 11.0 Å². The molecule has 1 atom stereocenters. The molecule has 1 aromatic heterocycles. The van der Waals surface area contributed by atoms with Gasteiger partial charge < -0.3 is 23.3 Å². The average molecular weight is 498 g/mol. The van der Waals surface area contributed by atoms with Crippen molar-refractivity contribution >= 4 is 29.6 Å². The second kappa shape index (κ2) is 8.94. The fraction of sp³-hybridized carbons (Fsp3) is 0.462. The zero-order valence-electron chi connectivity index (χ0n) is 21.1. The van der Waals surface area contributed by atoms with E-state index in [1.54, 1.807) is 22.8 Å². The molecule has 0 unspecified atom stereocenters. The number of imidazole rings is 1. The lowest BCUT2D eigenvalue weighted by atomic mass is 9.78. The standard InChI is InChI=1S/C26H29BF2N2O5/c1-25(2)26(3,4)36-27(35-25)16-7-6-15(19(28)13-16)12-21-30-20-9-8-18(24(32)33-5)22(29)23(20)31(21)14-17-10-11-34-17/h6-9,13,17H,10-12,14H2,1-5H3/t17-/m0/s1. The fourth-order valence-corrected chi connectivity index (χ4v) is 4.46. The lowest BCUT2D eigenvalue weighted by Crippen LogP contribution is -2.41. The van der Waals surface area contributed by atoms with E-state index in [9.17, 15) is 4.79 Å². The molecule has 0 radical (unpaired) electrons. The van der Waals surface area contributed by atoms with Gasteiger partial charge in [0, 0.05) is 13.0 Å². The van der Waals surface area contributed by atoms with Crippen molar-refractivity contribution in [3.05, 3.63) is 58.9 Å². The molecule has 5 rings (SSSR count). The lowest BCUT2D eigenvalue weighted by molar-refractivity contribution is -0.0590. The maximum Gasteiger partial charge on any atom is 0.494 e. The Bertz CT molecular complexity index is 1320. The van der Waals surface area contributed by atoms with Gasteiger partial charge in [-0.15, -0.1) is 0 Å². The van der Waals surface area contributed by atoms with Crippen LogP contribution in [0.15, 0.2) is 30.3 Å². The Labute approximate surface area is 208 Å². The summed E-state index contributed by atoms with van der Waals surface area (Å²) in [7, 11) is 0.525. The zero-order valence-corrected chi connectivity index (χ0v) is 21.1. The Hall–Kier alpha value is -2.82. The van der Waals surface area contributed by atoms with Crippen LogP contribution in [-0.2, 0) is 31.7 Å². The van der Waals surface area contributed by atoms with Crippen LogP contribution in [0.5, 0.6) is 0 Å². The predicted octanol–water partition coefficient (Wildman–Crippen LogP) is 3.78. The third kappa shape index (κ3) is 4.21. The van der Waals surface area contributed by atoms with E-state index in [1.807, 2.05) is 27.7 Å². The number of hydrogen-bond donors (Lipinski definition) is 0. The molecule has 36 heavy (non-hydrogen) atoms. The van der Waals surface area contributed by atoms with Crippen LogP contribution in [0.3, 0.4) is 0 Å². The summed E-state index contributed by atoms with van der Waals surface area (Å²) in [5.74, 6) is -1.44. The second-order valence-corrected chi connectivity index (χ2v) is 10.3. The van der Waals surface area contributed by atoms with E-state index in [2.05, 4.69) is 4.98 Å². The molecular formula is C26H29BF2N2O5. The molecule has 190 valence electrons. The molecule has 2 fully saturated rings. The monoisotopic (exact) mass is 498 g/mol. The van der Waals surface area contributed by atoms with Gasteiger partial charge in [0.15, 0.2) is 5.82 Å². The number of hydrogen-bond acceptors (Lipinski definition) is 6. The minimum Gasteiger partial charge on any atom is -0.465 e. The number of esters is 1. The van der Waals surface area contributed by atoms with Crippen LogP contribution in [-0.4, -0.2) is 53.7 Å². The number of nitrogens with zero attached hydrogens (tertiary/aromatic N) is 2. The van der Waals surface area contributed by atoms with E-state index in [0.29, 0.717) is 35.5 Å². The number of carbonyl (C=O) groups excluding carboxylic acids is 1. The van der Waals surface area contributed by atoms with Gasteiger partial charge in [-0.3, -0.25) is 0 Å². The largest absolute Gasteiger partial charge is 0.494 e. The number of fused-ring (bicyclic) bond motifs is 1. The first-order valence-electron chi connectivity index (χ1n) is 12.0. The predicted molar refractivity (Wildman–Crippen MR) is 130 cm³/mol. The molecule has 0 saturated carbocycles. The average Bonchev–Trinajstić information content (AvgIpc) is 3.24. The number of halogens is 2. The van der Waals surface area contributed by atoms with Crippen molar-refractivity contribution in [3.63, 3.8) is 0 Å². The lowest BCUT2D eigenvalue weighted by Gasteiger charge is -2.32. The fourth-order valence-electron chi connectivity index (χ4n) is 4.46. The van der Waals surface area contributed by atoms with Gasteiger partial charge in [-0.05, 0) is 63.3 Å². The zero-order chi connectivity index (χ0) is 25.8. The molecular weight excluding hydrogens is 469 g/mol. The molecule has 3 aromatic rings. The first-order valence-corrected chi connectivity index (χ1v) is 12.0. The van der Waals surface area contributed by atoms with Crippen molar-refractivity contribution in [2.24, 2.45) is 0 Å². The quantitative estimate of drug-likeness (QED) is 0.381. The van der Waals surface area contributed by atoms with E-state index in [-0.39, 0.29) is 23.6 Å². The molecule has 2 aromatic carbocycles. The molecule has 0 amide bonds. The van der Waals surface area contributed by atoms with Crippen molar-refractivity contribution in [3.8, 4) is 0 Å². The molecule has 0 spiro atoms. The van der Waals surface area contributed by atoms with Crippen molar-refractivity contribution in [2.45, 2.75) is 64.4 Å². The minimum absolute atomic E-state index is 0.0991. The first kappa shape index (κ1) is 24.9. The van der Waals surface area contributed by atoms with E-state index >= 15 is 8.78 Å². The summed E-state index contributed by atoms with van der Waals surface area (Å²) in [5, 5.41) is 0. The van der Waals surface area contributed by atoms with E-state index < -0.39 is 35.9 Å². The topological polar surface area (TPSA) is 71.8 Å². The number of rotatable bonds is 6. The summed E-state index contributed by atoms with van der Waals surface area (Å²) >= 11 is 0. The van der Waals surface area contributed by atoms with Gasteiger partial charge in [0.05, 0.1) is 42.0 Å². The second-order valence-electron chi connectivity index (χ2n) is 10.3. The third-order valence-electron chi connectivity index (χ3n) is 7.46. The number of carbonyl (C=O) groups is 1. The maximum atomic E-state index is 15.4. The number of benzene rings is 2. The van der Waals surface area contributed by atoms with Gasteiger partial charge in [0.1, 0.15) is 17.2 Å². The molecule has 3 heterocycles. The molecule has 0 bridgehead atoms. The van der Waals surface area contributed by atoms with Gasteiger partial charge >= 0.3 is 13.1 Å². The van der Waals surface area contributed by atoms with Crippen molar-refractivity contribution < 1.29 is 32.4 Å². The van der Waals surface area contributed by atoms with Crippen molar-refractivity contribution in [2.75, 3.05) is 13.7 Å². The first-order chi connectivity index (χ1) is 17.0. The summed E-state index contributed by atoms with van der Waals surface area (Å²) in [5.41, 5.74) is 0.296. The minimum atomic E-state index is -0.770. The summed E-state index contributed by atoms with van der Waals surface area (Å²) in [6, 6.07) is 7.79. The highest BCUT2D eigenvalue weighted by Crippen LogP contribution is 2.36. The molecule has 0 aliphatic carbocycles. The summed E-state index contributed by atoms with van der Waals surface area (Å²) in [6.45, 7) is 8.76. The Morgan fingerprint density at radius 1 is 1.17 bits per heavy atom. The van der Waals surface area contributed by atoms with Crippen LogP contribution in [0.2, 0.25) is 0 Å². The van der Waals surface area contributed by atoms with Crippen LogP contribution in [0, 0.1) is 11.6 Å². The number of methoxy groups -OCH3 is 1. The summed E-state index contributed by atoms with van der Waals surface area (Å²) in [4.78, 5) is 16.6. The normalized spacial score (nSPS) is 20.5. The highest BCUT2D eigenvalue weighted by atomic mass is 19.1. The van der Waals surface area contributed by atoms with Gasteiger partial charge in [-0.1, -0.05) is 12.1 Å². The van der Waals surface area contributed by atoms with Crippen LogP contribution in [0.4, 0.5) is 8.78 Å². The van der Waals surface area contributed by atoms with Crippen molar-refractivity contribution in [1.29, 1.82) is 0 Å². The Morgan fingerprint density at radius 2 is 1.86 bits per heavy atom. The van der Waals surface area contributed by atoms with Gasteiger partial charge in [-0.25, -0.2) is 18.6 Å². The summed E-state index contributed by atoms with van der Waals surface area (Å²) < 4.78 is 54.7. The maximum absolute atomic E-state index is 15.4. The summed E-state index contributed by atoms with van der Waals surface area (Å²) in [6.07, 6.45) is 0.858. The smallest absolute Gasteiger partial charge is 0.465 e. The Balaban J connectivity index is 1.49. The molecule has 10 heteroatoms. The van der Waals surface area contributed by atoms with Crippen molar-refractivity contribution in [1.82, 2.24) is 9.55 Å². The molecule has 7 nitrogen and oxygen atoms in total. The molecule has 0 N–H and O–H groups in total. The Morgan fingerprint density at radius 3 is 2.44 bits per heavy atom. The molecule has 2 aliphatic heterocycles. The molecule has 2 aliphatic rings. The van der Waals surface area contributed by atoms with Crippen LogP contribution in [0.1, 0.15) is 55.9 Å². The van der Waals surface area contributed by atoms with E-state index in [1.165, 1.54) is 19.2 Å². The third-order valence-corrected chi connectivity index (χ3v) is 7.46. The highest BCUT2D eigenvalue weighted by Gasteiger charge is 2.51. The van der Waals surface area contributed by atoms with Gasteiger partial charge in [0.25, 0.3) is 0 Å². The van der Waals surface area contributed by atoms with E-state index in [0.717, 1.165) is 6.42 Å². The number of aromatic nitrogens is 2.